The van der Waals surface area contributed by atoms with Gasteiger partial charge in [0.15, 0.2) is 0 Å². The molecule has 0 spiro atoms. The zero-order valence-electron chi connectivity index (χ0n) is 9.45. The molecule has 0 nitrogen and oxygen atoms in total. The summed E-state index contributed by atoms with van der Waals surface area (Å²) in [7, 11) is 0. The van der Waals surface area contributed by atoms with E-state index in [2.05, 4.69) is 0 Å². The van der Waals surface area contributed by atoms with Crippen molar-refractivity contribution in [3.63, 3.8) is 0 Å². The molecule has 0 heterocycles. The first-order valence-corrected chi connectivity index (χ1v) is 5.30. The topological polar surface area (TPSA) is 0 Å². The van der Waals surface area contributed by atoms with Gasteiger partial charge in [0.2, 0.25) is 5.92 Å². The van der Waals surface area contributed by atoms with Gasteiger partial charge in [0.25, 0.3) is 0 Å². The van der Waals surface area contributed by atoms with Gasteiger partial charge in [0, 0.05) is 12.8 Å². The minimum atomic E-state index is -2.36. The SMILES string of the molecule is CC.CCC1(C(C)C)CC(F)(F)C1. The van der Waals surface area contributed by atoms with Gasteiger partial charge in [0.05, 0.1) is 0 Å². The van der Waals surface area contributed by atoms with Crippen LogP contribution in [-0.4, -0.2) is 5.92 Å². The Morgan fingerprint density at radius 2 is 1.54 bits per heavy atom. The van der Waals surface area contributed by atoms with E-state index in [1.807, 2.05) is 34.6 Å². The second-order valence-electron chi connectivity index (χ2n) is 4.08. The van der Waals surface area contributed by atoms with E-state index in [0.29, 0.717) is 5.92 Å². The normalized spacial score (nSPS) is 23.1. The van der Waals surface area contributed by atoms with Crippen LogP contribution in [0, 0.1) is 11.3 Å². The Morgan fingerprint density at radius 1 is 1.15 bits per heavy atom. The van der Waals surface area contributed by atoms with Crippen LogP contribution in [0.1, 0.15) is 53.9 Å². The number of hydrogen-bond donors (Lipinski definition) is 0. The molecule has 0 atom stereocenters. The maximum Gasteiger partial charge on any atom is 0.249 e. The first kappa shape index (κ1) is 12.9. The van der Waals surface area contributed by atoms with E-state index in [-0.39, 0.29) is 18.3 Å². The Balaban J connectivity index is 0.000000671. The van der Waals surface area contributed by atoms with Crippen molar-refractivity contribution in [3.8, 4) is 0 Å². The van der Waals surface area contributed by atoms with Crippen LogP contribution in [0.3, 0.4) is 0 Å². The van der Waals surface area contributed by atoms with Gasteiger partial charge in [-0.3, -0.25) is 0 Å². The van der Waals surface area contributed by atoms with Crippen molar-refractivity contribution in [3.05, 3.63) is 0 Å². The zero-order chi connectivity index (χ0) is 10.7. The summed E-state index contributed by atoms with van der Waals surface area (Å²) in [6.07, 6.45) is 1.10. The second-order valence-corrected chi connectivity index (χ2v) is 4.08. The van der Waals surface area contributed by atoms with Crippen LogP contribution in [0.2, 0.25) is 0 Å². The quantitative estimate of drug-likeness (QED) is 0.604. The highest BCUT2D eigenvalue weighted by Crippen LogP contribution is 2.57. The molecule has 0 saturated heterocycles. The third kappa shape index (κ3) is 2.65. The predicted octanol–water partition coefficient (Wildman–Crippen LogP) is 4.49. The Kier molecular flexibility index (Phi) is 4.34. The van der Waals surface area contributed by atoms with Gasteiger partial charge in [-0.25, -0.2) is 8.78 Å². The Bertz CT molecular complexity index is 142. The largest absolute Gasteiger partial charge is 0.249 e. The van der Waals surface area contributed by atoms with Gasteiger partial charge >= 0.3 is 0 Å². The smallest absolute Gasteiger partial charge is 0.207 e. The van der Waals surface area contributed by atoms with Crippen molar-refractivity contribution >= 4 is 0 Å². The van der Waals surface area contributed by atoms with Crippen molar-refractivity contribution in [1.29, 1.82) is 0 Å². The average Bonchev–Trinajstić information content (AvgIpc) is 2.02. The van der Waals surface area contributed by atoms with Crippen LogP contribution >= 0.6 is 0 Å². The van der Waals surface area contributed by atoms with Crippen LogP contribution < -0.4 is 0 Å². The first-order chi connectivity index (χ1) is 5.92. The van der Waals surface area contributed by atoms with E-state index in [0.717, 1.165) is 6.42 Å². The minimum absolute atomic E-state index is 0.0521. The highest BCUT2D eigenvalue weighted by atomic mass is 19.3. The standard InChI is InChI=1S/C9H16F2.C2H6/c1-4-8(7(2)3)5-9(10,11)6-8;1-2/h7H,4-6H2,1-3H3;1-2H3. The lowest BCUT2D eigenvalue weighted by molar-refractivity contribution is -0.179. The molecule has 0 bridgehead atoms. The molecule has 1 saturated carbocycles. The van der Waals surface area contributed by atoms with Crippen molar-refractivity contribution in [1.82, 2.24) is 0 Å². The van der Waals surface area contributed by atoms with Crippen LogP contribution in [-0.2, 0) is 0 Å². The fraction of sp³-hybridized carbons (Fsp3) is 1.00. The van der Waals surface area contributed by atoms with Gasteiger partial charge in [-0.1, -0.05) is 34.6 Å². The lowest BCUT2D eigenvalue weighted by Crippen LogP contribution is -2.48. The number of rotatable bonds is 2. The maximum absolute atomic E-state index is 12.6. The Morgan fingerprint density at radius 3 is 1.62 bits per heavy atom. The lowest BCUT2D eigenvalue weighted by atomic mass is 9.58. The Labute approximate surface area is 80.7 Å². The third-order valence-electron chi connectivity index (χ3n) is 3.15. The fourth-order valence-corrected chi connectivity index (χ4v) is 2.04. The molecule has 1 fully saturated rings. The molecule has 0 aliphatic heterocycles. The van der Waals surface area contributed by atoms with Crippen LogP contribution in [0.25, 0.3) is 0 Å². The molecule has 0 aromatic heterocycles. The summed E-state index contributed by atoms with van der Waals surface area (Å²) in [5, 5.41) is 0. The Hall–Kier alpha value is -0.140. The molecule has 0 radical (unpaired) electrons. The van der Waals surface area contributed by atoms with Crippen LogP contribution in [0.15, 0.2) is 0 Å². The van der Waals surface area contributed by atoms with Crippen LogP contribution in [0.4, 0.5) is 8.78 Å². The van der Waals surface area contributed by atoms with E-state index in [9.17, 15) is 8.78 Å². The monoisotopic (exact) mass is 192 g/mol. The van der Waals surface area contributed by atoms with Crippen molar-refractivity contribution in [2.24, 2.45) is 11.3 Å². The molecule has 0 unspecified atom stereocenters. The second kappa shape index (κ2) is 4.39. The van der Waals surface area contributed by atoms with Crippen LogP contribution in [0.5, 0.6) is 0 Å². The van der Waals surface area contributed by atoms with E-state index < -0.39 is 5.92 Å². The minimum Gasteiger partial charge on any atom is -0.207 e. The summed E-state index contributed by atoms with van der Waals surface area (Å²) in [4.78, 5) is 0. The molecule has 0 amide bonds. The van der Waals surface area contributed by atoms with Crippen molar-refractivity contribution in [2.75, 3.05) is 0 Å². The summed E-state index contributed by atoms with van der Waals surface area (Å²) < 4.78 is 25.2. The molecule has 0 N–H and O–H groups in total. The molecule has 13 heavy (non-hydrogen) atoms. The lowest BCUT2D eigenvalue weighted by Gasteiger charge is -2.50. The van der Waals surface area contributed by atoms with E-state index >= 15 is 0 Å². The predicted molar refractivity (Wildman–Crippen MR) is 53.1 cm³/mol. The van der Waals surface area contributed by atoms with Gasteiger partial charge in [0.1, 0.15) is 0 Å². The zero-order valence-corrected chi connectivity index (χ0v) is 9.45. The molecule has 1 rings (SSSR count). The maximum atomic E-state index is 12.6. The summed E-state index contributed by atoms with van der Waals surface area (Å²) in [6.45, 7) is 10.1. The molecule has 80 valence electrons. The van der Waals surface area contributed by atoms with Crippen molar-refractivity contribution < 1.29 is 8.78 Å². The van der Waals surface area contributed by atoms with Crippen molar-refractivity contribution in [2.45, 2.75) is 59.8 Å². The number of alkyl halides is 2. The van der Waals surface area contributed by atoms with Gasteiger partial charge in [-0.2, -0.15) is 0 Å². The third-order valence-corrected chi connectivity index (χ3v) is 3.15. The van der Waals surface area contributed by atoms with Gasteiger partial charge < -0.3 is 0 Å². The highest BCUT2D eigenvalue weighted by molar-refractivity contribution is 4.99. The molecule has 1 aliphatic rings. The molecular weight excluding hydrogens is 170 g/mol. The fourth-order valence-electron chi connectivity index (χ4n) is 2.04. The summed E-state index contributed by atoms with van der Waals surface area (Å²) in [5.74, 6) is -1.97. The highest BCUT2D eigenvalue weighted by Gasteiger charge is 2.56. The average molecular weight is 192 g/mol. The van der Waals surface area contributed by atoms with Gasteiger partial charge in [-0.15, -0.1) is 0 Å². The summed E-state index contributed by atoms with van der Waals surface area (Å²) in [6, 6.07) is 0. The van der Waals surface area contributed by atoms with E-state index in [4.69, 9.17) is 0 Å². The molecular formula is C11H22F2. The number of halogens is 2. The molecule has 0 aromatic rings. The van der Waals surface area contributed by atoms with E-state index in [1.54, 1.807) is 0 Å². The summed E-state index contributed by atoms with van der Waals surface area (Å²) in [5.41, 5.74) is -0.0521. The summed E-state index contributed by atoms with van der Waals surface area (Å²) >= 11 is 0. The van der Waals surface area contributed by atoms with E-state index in [1.165, 1.54) is 0 Å². The van der Waals surface area contributed by atoms with Gasteiger partial charge in [-0.05, 0) is 17.8 Å². The number of hydrogen-bond acceptors (Lipinski definition) is 0. The first-order valence-electron chi connectivity index (χ1n) is 5.30. The molecule has 1 aliphatic carbocycles. The molecule has 2 heteroatoms. The molecule has 0 aromatic carbocycles.